The molecule has 0 unspecified atom stereocenters. The van der Waals surface area contributed by atoms with Crippen molar-refractivity contribution in [1.29, 1.82) is 0 Å². The van der Waals surface area contributed by atoms with Crippen LogP contribution in [0.4, 0.5) is 0 Å². The molecule has 1 N–H and O–H groups in total. The second kappa shape index (κ2) is 4.49. The van der Waals surface area contributed by atoms with Gasteiger partial charge in [-0.25, -0.2) is 4.99 Å². The highest BCUT2D eigenvalue weighted by Gasteiger charge is 1.94. The summed E-state index contributed by atoms with van der Waals surface area (Å²) in [5.41, 5.74) is 1.97. The first-order valence-electron chi connectivity index (χ1n) is 3.99. The molecule has 12 heavy (non-hydrogen) atoms. The van der Waals surface area contributed by atoms with Gasteiger partial charge in [-0.15, -0.1) is 0 Å². The first-order chi connectivity index (χ1) is 5.83. The third-order valence-corrected chi connectivity index (χ3v) is 1.53. The normalized spacial score (nSPS) is 15.2. The summed E-state index contributed by atoms with van der Waals surface area (Å²) in [6.07, 6.45) is 6.21. The molecule has 3 nitrogen and oxygen atoms in total. The summed E-state index contributed by atoms with van der Waals surface area (Å²) in [4.78, 5) is 7.94. The van der Waals surface area contributed by atoms with E-state index in [4.69, 9.17) is 0 Å². The summed E-state index contributed by atoms with van der Waals surface area (Å²) in [7, 11) is 0. The SMILES string of the molecule is C=C(CC)NC1=CCN=CN=C1. The number of nitrogens with zero attached hydrogens (tertiary/aromatic N) is 2. The molecular formula is C9H13N3. The number of allylic oxidation sites excluding steroid dienone is 2. The van der Waals surface area contributed by atoms with E-state index in [9.17, 15) is 0 Å². The van der Waals surface area contributed by atoms with Gasteiger partial charge in [0.1, 0.15) is 6.34 Å². The van der Waals surface area contributed by atoms with Crippen LogP contribution in [0, 0.1) is 0 Å². The lowest BCUT2D eigenvalue weighted by atomic mass is 10.3. The Hall–Kier alpha value is -1.38. The second-order valence-corrected chi connectivity index (χ2v) is 2.50. The van der Waals surface area contributed by atoms with Gasteiger partial charge in [-0.3, -0.25) is 4.99 Å². The molecule has 64 valence electrons. The molecule has 0 aromatic heterocycles. The zero-order chi connectivity index (χ0) is 8.81. The first-order valence-corrected chi connectivity index (χ1v) is 3.99. The lowest BCUT2D eigenvalue weighted by molar-refractivity contribution is 0.928. The van der Waals surface area contributed by atoms with Crippen LogP contribution in [0.1, 0.15) is 13.3 Å². The highest BCUT2D eigenvalue weighted by Crippen LogP contribution is 1.97. The Morgan fingerprint density at radius 1 is 1.75 bits per heavy atom. The molecular weight excluding hydrogens is 150 g/mol. The summed E-state index contributed by atoms with van der Waals surface area (Å²) < 4.78 is 0. The van der Waals surface area contributed by atoms with Crippen molar-refractivity contribution in [3.8, 4) is 0 Å². The molecule has 0 radical (unpaired) electrons. The van der Waals surface area contributed by atoms with Crippen LogP contribution in [0.25, 0.3) is 0 Å². The minimum atomic E-state index is 0.680. The predicted molar refractivity (Wildman–Crippen MR) is 52.5 cm³/mol. The maximum atomic E-state index is 3.99. The number of aliphatic imine (C=N–C) groups is 2. The molecule has 1 aliphatic rings. The van der Waals surface area contributed by atoms with E-state index < -0.39 is 0 Å². The lowest BCUT2D eigenvalue weighted by Gasteiger charge is -2.06. The molecule has 0 aromatic rings. The van der Waals surface area contributed by atoms with Crippen molar-refractivity contribution in [2.45, 2.75) is 13.3 Å². The predicted octanol–water partition coefficient (Wildman–Crippen LogP) is 1.50. The van der Waals surface area contributed by atoms with Gasteiger partial charge < -0.3 is 5.32 Å². The minimum absolute atomic E-state index is 0.680. The molecule has 0 saturated heterocycles. The van der Waals surface area contributed by atoms with Gasteiger partial charge >= 0.3 is 0 Å². The van der Waals surface area contributed by atoms with E-state index >= 15 is 0 Å². The van der Waals surface area contributed by atoms with Gasteiger partial charge in [0, 0.05) is 5.70 Å². The number of hydrogen-bond acceptors (Lipinski definition) is 3. The highest BCUT2D eigenvalue weighted by molar-refractivity contribution is 5.85. The molecule has 0 aromatic carbocycles. The number of nitrogens with one attached hydrogen (secondary N) is 1. The smallest absolute Gasteiger partial charge is 0.110 e. The van der Waals surface area contributed by atoms with Crippen molar-refractivity contribution in [2.75, 3.05) is 6.54 Å². The summed E-state index contributed by atoms with van der Waals surface area (Å²) in [6, 6.07) is 0. The fourth-order valence-corrected chi connectivity index (χ4v) is 0.787. The summed E-state index contributed by atoms with van der Waals surface area (Å²) in [5.74, 6) is 0. The van der Waals surface area contributed by atoms with E-state index in [1.807, 2.05) is 6.08 Å². The molecule has 1 heterocycles. The van der Waals surface area contributed by atoms with Crippen molar-refractivity contribution in [2.24, 2.45) is 9.98 Å². The van der Waals surface area contributed by atoms with Gasteiger partial charge in [-0.1, -0.05) is 13.5 Å². The Bertz CT molecular complexity index is 248. The molecule has 0 bridgehead atoms. The van der Waals surface area contributed by atoms with Crippen molar-refractivity contribution < 1.29 is 0 Å². The molecule has 0 fully saturated rings. The Morgan fingerprint density at radius 3 is 3.33 bits per heavy atom. The monoisotopic (exact) mass is 163 g/mol. The van der Waals surface area contributed by atoms with E-state index in [1.54, 1.807) is 12.6 Å². The van der Waals surface area contributed by atoms with Crippen LogP contribution in [0.2, 0.25) is 0 Å². The highest BCUT2D eigenvalue weighted by atomic mass is 14.9. The van der Waals surface area contributed by atoms with Crippen LogP contribution in [0.3, 0.4) is 0 Å². The van der Waals surface area contributed by atoms with Crippen LogP contribution >= 0.6 is 0 Å². The molecule has 0 saturated carbocycles. The maximum Gasteiger partial charge on any atom is 0.110 e. The van der Waals surface area contributed by atoms with Gasteiger partial charge in [-0.05, 0) is 12.5 Å². The Labute approximate surface area is 72.6 Å². The molecule has 3 heteroatoms. The Balaban J connectivity index is 2.52. The summed E-state index contributed by atoms with van der Waals surface area (Å²) in [6.45, 7) is 6.58. The Kier molecular flexibility index (Phi) is 3.26. The Morgan fingerprint density at radius 2 is 2.58 bits per heavy atom. The van der Waals surface area contributed by atoms with Crippen molar-refractivity contribution in [3.05, 3.63) is 24.0 Å². The van der Waals surface area contributed by atoms with E-state index in [0.29, 0.717) is 6.54 Å². The number of hydrogen-bond donors (Lipinski definition) is 1. The van der Waals surface area contributed by atoms with E-state index in [1.165, 1.54) is 0 Å². The zero-order valence-electron chi connectivity index (χ0n) is 7.25. The van der Waals surface area contributed by atoms with Crippen LogP contribution in [0.5, 0.6) is 0 Å². The average molecular weight is 163 g/mol. The quantitative estimate of drug-likeness (QED) is 0.672. The topological polar surface area (TPSA) is 36.8 Å². The zero-order valence-corrected chi connectivity index (χ0v) is 7.25. The molecule has 1 rings (SSSR count). The summed E-state index contributed by atoms with van der Waals surface area (Å²) in [5, 5.41) is 3.15. The molecule has 0 spiro atoms. The van der Waals surface area contributed by atoms with Crippen LogP contribution in [0.15, 0.2) is 34.0 Å². The van der Waals surface area contributed by atoms with Crippen LogP contribution < -0.4 is 5.32 Å². The van der Waals surface area contributed by atoms with Crippen molar-refractivity contribution >= 4 is 12.6 Å². The van der Waals surface area contributed by atoms with E-state index in [0.717, 1.165) is 17.8 Å². The largest absolute Gasteiger partial charge is 0.358 e. The third kappa shape index (κ3) is 2.70. The number of rotatable bonds is 3. The van der Waals surface area contributed by atoms with Crippen LogP contribution in [-0.2, 0) is 0 Å². The fourth-order valence-electron chi connectivity index (χ4n) is 0.787. The lowest BCUT2D eigenvalue weighted by Crippen LogP contribution is -2.12. The summed E-state index contributed by atoms with van der Waals surface area (Å²) >= 11 is 0. The van der Waals surface area contributed by atoms with Gasteiger partial charge in [-0.2, -0.15) is 0 Å². The molecule has 0 aliphatic carbocycles. The van der Waals surface area contributed by atoms with Gasteiger partial charge in [0.2, 0.25) is 0 Å². The standard InChI is InChI=1S/C9H13N3/c1-3-8(2)12-9-4-5-10-7-11-6-9/h4,6-7,12H,2-3,5H2,1H3. The third-order valence-electron chi connectivity index (χ3n) is 1.53. The first kappa shape index (κ1) is 8.71. The van der Waals surface area contributed by atoms with Crippen molar-refractivity contribution in [3.63, 3.8) is 0 Å². The van der Waals surface area contributed by atoms with Crippen molar-refractivity contribution in [1.82, 2.24) is 5.32 Å². The molecule has 0 atom stereocenters. The fraction of sp³-hybridized carbons (Fsp3) is 0.333. The van der Waals surface area contributed by atoms with E-state index in [-0.39, 0.29) is 0 Å². The average Bonchev–Trinajstić information content (AvgIpc) is 2.33. The van der Waals surface area contributed by atoms with Gasteiger partial charge in [0.25, 0.3) is 0 Å². The molecule has 0 amide bonds. The minimum Gasteiger partial charge on any atom is -0.358 e. The maximum absolute atomic E-state index is 3.99. The molecule has 1 aliphatic heterocycles. The van der Waals surface area contributed by atoms with Gasteiger partial charge in [0.15, 0.2) is 0 Å². The van der Waals surface area contributed by atoms with Crippen LogP contribution in [-0.4, -0.2) is 19.1 Å². The van der Waals surface area contributed by atoms with E-state index in [2.05, 4.69) is 28.8 Å². The van der Waals surface area contributed by atoms with Gasteiger partial charge in [0.05, 0.1) is 18.5 Å². The second-order valence-electron chi connectivity index (χ2n) is 2.50.